The minimum Gasteiger partial charge on any atom is -0.378 e. The van der Waals surface area contributed by atoms with E-state index in [-0.39, 0.29) is 0 Å². The van der Waals surface area contributed by atoms with Crippen molar-refractivity contribution in [1.29, 1.82) is 0 Å². The van der Waals surface area contributed by atoms with Gasteiger partial charge in [-0.25, -0.2) is 0 Å². The molecule has 1 aliphatic rings. The number of hydrogen-bond donors (Lipinski definition) is 0. The summed E-state index contributed by atoms with van der Waals surface area (Å²) in [4.78, 5) is 0. The first-order valence-electron chi connectivity index (χ1n) is 4.34. The summed E-state index contributed by atoms with van der Waals surface area (Å²) in [5.74, 6) is 0. The second-order valence-corrected chi connectivity index (χ2v) is 2.98. The Balaban J connectivity index is 1.68. The van der Waals surface area contributed by atoms with E-state index in [4.69, 9.17) is 4.74 Å². The molecule has 1 fully saturated rings. The fourth-order valence-corrected chi connectivity index (χ4v) is 0.940. The fraction of sp³-hybridized carbons (Fsp3) is 0.889. The van der Waals surface area contributed by atoms with Gasteiger partial charge in [-0.3, -0.25) is 0 Å². The van der Waals surface area contributed by atoms with Crippen LogP contribution in [-0.4, -0.2) is 12.7 Å². The fourth-order valence-electron chi connectivity index (χ4n) is 0.940. The van der Waals surface area contributed by atoms with Crippen LogP contribution in [0.3, 0.4) is 0 Å². The molecule has 1 aliphatic carbocycles. The lowest BCUT2D eigenvalue weighted by Crippen LogP contribution is -1.95. The normalized spacial score (nSPS) is 17.7. The third kappa shape index (κ3) is 3.89. The number of ether oxygens (including phenoxy) is 1. The summed E-state index contributed by atoms with van der Waals surface area (Å²) in [5.41, 5.74) is 0. The Morgan fingerprint density at radius 1 is 1.20 bits per heavy atom. The average Bonchev–Trinajstić information content (AvgIpc) is 2.71. The van der Waals surface area contributed by atoms with E-state index in [0.717, 1.165) is 13.0 Å². The molecule has 0 aromatic carbocycles. The van der Waals surface area contributed by atoms with E-state index in [1.165, 1.54) is 32.1 Å². The highest BCUT2D eigenvalue weighted by Crippen LogP contribution is 2.23. The highest BCUT2D eigenvalue weighted by atomic mass is 16.5. The van der Waals surface area contributed by atoms with E-state index in [1.54, 1.807) is 0 Å². The lowest BCUT2D eigenvalue weighted by atomic mass is 10.2. The molecule has 1 nitrogen and oxygen atoms in total. The van der Waals surface area contributed by atoms with Gasteiger partial charge in [0, 0.05) is 6.61 Å². The summed E-state index contributed by atoms with van der Waals surface area (Å²) in [5, 5.41) is 0. The van der Waals surface area contributed by atoms with Crippen molar-refractivity contribution in [2.24, 2.45) is 0 Å². The van der Waals surface area contributed by atoms with Gasteiger partial charge in [-0.05, 0) is 19.3 Å². The monoisotopic (exact) mass is 141 g/mol. The van der Waals surface area contributed by atoms with Crippen molar-refractivity contribution >= 4 is 0 Å². The van der Waals surface area contributed by atoms with E-state index in [0.29, 0.717) is 6.10 Å². The molecule has 0 aliphatic heterocycles. The molecule has 59 valence electrons. The Hall–Kier alpha value is -0.0400. The van der Waals surface area contributed by atoms with Crippen LogP contribution in [0, 0.1) is 6.92 Å². The van der Waals surface area contributed by atoms with Gasteiger partial charge < -0.3 is 4.74 Å². The molecule has 1 radical (unpaired) electrons. The van der Waals surface area contributed by atoms with Crippen molar-refractivity contribution in [1.82, 2.24) is 0 Å². The Morgan fingerprint density at radius 2 is 2.00 bits per heavy atom. The first-order chi connectivity index (χ1) is 4.93. The summed E-state index contributed by atoms with van der Waals surface area (Å²) in [6.07, 6.45) is 8.09. The molecule has 0 spiro atoms. The first kappa shape index (κ1) is 8.06. The third-order valence-electron chi connectivity index (χ3n) is 1.77. The van der Waals surface area contributed by atoms with E-state index in [9.17, 15) is 0 Å². The van der Waals surface area contributed by atoms with Crippen LogP contribution in [0.15, 0.2) is 0 Å². The molecule has 1 heteroatoms. The summed E-state index contributed by atoms with van der Waals surface area (Å²) in [6, 6.07) is 0. The molecular formula is C9H17O. The van der Waals surface area contributed by atoms with Crippen LogP contribution in [0.4, 0.5) is 0 Å². The molecule has 0 aromatic rings. The highest BCUT2D eigenvalue weighted by Gasteiger charge is 2.21. The van der Waals surface area contributed by atoms with Gasteiger partial charge in [0.05, 0.1) is 6.10 Å². The van der Waals surface area contributed by atoms with Gasteiger partial charge in [0.25, 0.3) is 0 Å². The second kappa shape index (κ2) is 4.73. The Morgan fingerprint density at radius 3 is 2.60 bits per heavy atom. The minimum atomic E-state index is 0.639. The third-order valence-corrected chi connectivity index (χ3v) is 1.77. The van der Waals surface area contributed by atoms with Crippen LogP contribution in [0.5, 0.6) is 0 Å². The SMILES string of the molecule is [CH2]CCCCCOC1CC1. The first-order valence-corrected chi connectivity index (χ1v) is 4.34. The van der Waals surface area contributed by atoms with Crippen LogP contribution in [0.2, 0.25) is 0 Å². The number of unbranched alkanes of at least 4 members (excludes halogenated alkanes) is 3. The van der Waals surface area contributed by atoms with Gasteiger partial charge in [-0.2, -0.15) is 0 Å². The van der Waals surface area contributed by atoms with Crippen molar-refractivity contribution in [3.05, 3.63) is 6.92 Å². The molecule has 0 amide bonds. The van der Waals surface area contributed by atoms with Gasteiger partial charge in [-0.1, -0.05) is 26.2 Å². The zero-order valence-electron chi connectivity index (χ0n) is 6.64. The molecule has 0 heterocycles. The second-order valence-electron chi connectivity index (χ2n) is 2.98. The zero-order chi connectivity index (χ0) is 7.23. The predicted octanol–water partition coefficient (Wildman–Crippen LogP) is 2.56. The maximum absolute atomic E-state index is 5.48. The average molecular weight is 141 g/mol. The van der Waals surface area contributed by atoms with E-state index in [1.807, 2.05) is 0 Å². The van der Waals surface area contributed by atoms with Crippen molar-refractivity contribution in [2.75, 3.05) is 6.61 Å². The van der Waals surface area contributed by atoms with E-state index >= 15 is 0 Å². The maximum Gasteiger partial charge on any atom is 0.0577 e. The number of hydrogen-bond acceptors (Lipinski definition) is 1. The lowest BCUT2D eigenvalue weighted by molar-refractivity contribution is 0.116. The Labute approximate surface area is 63.8 Å². The lowest BCUT2D eigenvalue weighted by Gasteiger charge is -1.99. The molecule has 0 atom stereocenters. The summed E-state index contributed by atoms with van der Waals surface area (Å²) in [7, 11) is 0. The van der Waals surface area contributed by atoms with Crippen LogP contribution >= 0.6 is 0 Å². The molecular weight excluding hydrogens is 124 g/mol. The molecule has 0 N–H and O–H groups in total. The molecule has 1 rings (SSSR count). The van der Waals surface area contributed by atoms with Crippen LogP contribution in [0.25, 0.3) is 0 Å². The zero-order valence-corrected chi connectivity index (χ0v) is 6.64. The van der Waals surface area contributed by atoms with Crippen LogP contribution in [-0.2, 0) is 4.74 Å². The smallest absolute Gasteiger partial charge is 0.0577 e. The quantitative estimate of drug-likeness (QED) is 0.516. The van der Waals surface area contributed by atoms with Crippen molar-refractivity contribution < 1.29 is 4.74 Å². The topological polar surface area (TPSA) is 9.23 Å². The van der Waals surface area contributed by atoms with Crippen LogP contribution < -0.4 is 0 Å². The standard InChI is InChI=1S/C9H17O/c1-2-3-4-5-8-10-9-6-7-9/h9H,1-8H2. The van der Waals surface area contributed by atoms with Crippen LogP contribution in [0.1, 0.15) is 38.5 Å². The number of rotatable bonds is 6. The summed E-state index contributed by atoms with van der Waals surface area (Å²) >= 11 is 0. The van der Waals surface area contributed by atoms with Crippen molar-refractivity contribution in [3.63, 3.8) is 0 Å². The molecule has 0 unspecified atom stereocenters. The Bertz CT molecular complexity index is 76.8. The molecule has 0 bridgehead atoms. The van der Waals surface area contributed by atoms with Gasteiger partial charge >= 0.3 is 0 Å². The molecule has 1 saturated carbocycles. The van der Waals surface area contributed by atoms with Gasteiger partial charge in [-0.15, -0.1) is 0 Å². The van der Waals surface area contributed by atoms with E-state index < -0.39 is 0 Å². The van der Waals surface area contributed by atoms with Crippen molar-refractivity contribution in [2.45, 2.75) is 44.6 Å². The minimum absolute atomic E-state index is 0.639. The molecule has 0 aromatic heterocycles. The predicted molar refractivity (Wildman–Crippen MR) is 42.8 cm³/mol. The van der Waals surface area contributed by atoms with Gasteiger partial charge in [0.2, 0.25) is 0 Å². The maximum atomic E-state index is 5.48. The summed E-state index contributed by atoms with van der Waals surface area (Å²) < 4.78 is 5.48. The van der Waals surface area contributed by atoms with Gasteiger partial charge in [0.15, 0.2) is 0 Å². The largest absolute Gasteiger partial charge is 0.378 e. The van der Waals surface area contributed by atoms with Crippen molar-refractivity contribution in [3.8, 4) is 0 Å². The molecule has 10 heavy (non-hydrogen) atoms. The highest BCUT2D eigenvalue weighted by molar-refractivity contribution is 4.72. The Kier molecular flexibility index (Phi) is 3.81. The van der Waals surface area contributed by atoms with Gasteiger partial charge in [0.1, 0.15) is 0 Å². The summed E-state index contributed by atoms with van der Waals surface area (Å²) in [6.45, 7) is 4.77. The molecule has 0 saturated heterocycles. The van der Waals surface area contributed by atoms with E-state index in [2.05, 4.69) is 6.92 Å².